The van der Waals surface area contributed by atoms with Gasteiger partial charge in [-0.05, 0) is 63.2 Å². The molecule has 2 heterocycles. The average molecular weight is 256 g/mol. The molecular formula is C14H28N2S. The maximum absolute atomic E-state index is 4.39. The fraction of sp³-hybridized carbons (Fsp3) is 1.00. The largest absolute Gasteiger partial charge is 0.303 e. The van der Waals surface area contributed by atoms with Gasteiger partial charge in [-0.25, -0.2) is 0 Å². The van der Waals surface area contributed by atoms with E-state index in [-0.39, 0.29) is 0 Å². The highest BCUT2D eigenvalue weighted by atomic mass is 32.1. The van der Waals surface area contributed by atoms with Crippen molar-refractivity contribution in [2.24, 2.45) is 11.3 Å². The van der Waals surface area contributed by atoms with Crippen LogP contribution in [0.1, 0.15) is 39.5 Å². The smallest absolute Gasteiger partial charge is 0.0414 e. The summed E-state index contributed by atoms with van der Waals surface area (Å²) in [6.45, 7) is 11.2. The van der Waals surface area contributed by atoms with E-state index in [4.69, 9.17) is 0 Å². The predicted octanol–water partition coefficient (Wildman–Crippen LogP) is 2.71. The van der Waals surface area contributed by atoms with Crippen LogP contribution >= 0.6 is 12.6 Å². The van der Waals surface area contributed by atoms with Crippen LogP contribution < -0.4 is 0 Å². The molecule has 0 bridgehead atoms. The minimum absolute atomic E-state index is 0.687. The van der Waals surface area contributed by atoms with Crippen molar-refractivity contribution in [1.29, 1.82) is 0 Å². The fourth-order valence-corrected chi connectivity index (χ4v) is 3.68. The lowest BCUT2D eigenvalue weighted by atomic mass is 9.71. The Morgan fingerprint density at radius 1 is 0.941 bits per heavy atom. The van der Waals surface area contributed by atoms with Gasteiger partial charge in [-0.2, -0.15) is 12.6 Å². The van der Waals surface area contributed by atoms with Crippen molar-refractivity contribution in [2.75, 3.05) is 38.6 Å². The van der Waals surface area contributed by atoms with E-state index in [1.807, 2.05) is 0 Å². The molecule has 0 N–H and O–H groups in total. The maximum atomic E-state index is 4.39. The topological polar surface area (TPSA) is 6.48 Å². The highest BCUT2D eigenvalue weighted by Crippen LogP contribution is 2.41. The first-order valence-corrected chi connectivity index (χ1v) is 7.82. The SMILES string of the molecule is CC(C)CN1CCC2(CCN(CS)CC2)CC1. The second-order valence-electron chi connectivity index (χ2n) is 6.45. The van der Waals surface area contributed by atoms with Gasteiger partial charge in [-0.3, -0.25) is 4.90 Å². The van der Waals surface area contributed by atoms with Crippen LogP contribution in [0.4, 0.5) is 0 Å². The monoisotopic (exact) mass is 256 g/mol. The summed E-state index contributed by atoms with van der Waals surface area (Å²) in [4.78, 5) is 5.15. The number of thiol groups is 1. The van der Waals surface area contributed by atoms with E-state index >= 15 is 0 Å². The second-order valence-corrected chi connectivity index (χ2v) is 6.74. The van der Waals surface area contributed by atoms with Gasteiger partial charge in [0.2, 0.25) is 0 Å². The lowest BCUT2D eigenvalue weighted by molar-refractivity contribution is 0.0374. The van der Waals surface area contributed by atoms with Crippen molar-refractivity contribution in [3.8, 4) is 0 Å². The first kappa shape index (κ1) is 13.7. The molecule has 0 atom stereocenters. The van der Waals surface area contributed by atoms with Gasteiger partial charge in [0.25, 0.3) is 0 Å². The third kappa shape index (κ3) is 3.62. The maximum Gasteiger partial charge on any atom is 0.0414 e. The Morgan fingerprint density at radius 3 is 1.82 bits per heavy atom. The Hall–Kier alpha value is 0.270. The van der Waals surface area contributed by atoms with Crippen molar-refractivity contribution < 1.29 is 0 Å². The predicted molar refractivity (Wildman–Crippen MR) is 77.6 cm³/mol. The van der Waals surface area contributed by atoms with Crippen LogP contribution in [0.15, 0.2) is 0 Å². The Labute approximate surface area is 112 Å². The zero-order valence-electron chi connectivity index (χ0n) is 11.5. The molecule has 2 saturated heterocycles. The number of rotatable bonds is 3. The molecule has 0 amide bonds. The molecule has 0 aliphatic carbocycles. The van der Waals surface area contributed by atoms with E-state index in [9.17, 15) is 0 Å². The van der Waals surface area contributed by atoms with Gasteiger partial charge in [0.05, 0.1) is 0 Å². The van der Waals surface area contributed by atoms with Gasteiger partial charge in [0, 0.05) is 12.4 Å². The van der Waals surface area contributed by atoms with Gasteiger partial charge in [-0.15, -0.1) is 0 Å². The van der Waals surface area contributed by atoms with E-state index in [1.54, 1.807) is 0 Å². The molecule has 1 spiro atoms. The summed E-state index contributed by atoms with van der Waals surface area (Å²) >= 11 is 4.39. The molecule has 0 aromatic heterocycles. The Balaban J connectivity index is 1.78. The molecule has 0 radical (unpaired) electrons. The van der Waals surface area contributed by atoms with E-state index in [2.05, 4.69) is 36.3 Å². The second kappa shape index (κ2) is 5.94. The summed E-state index contributed by atoms with van der Waals surface area (Å²) in [5.74, 6) is 1.75. The summed E-state index contributed by atoms with van der Waals surface area (Å²) in [7, 11) is 0. The van der Waals surface area contributed by atoms with Gasteiger partial charge in [0.15, 0.2) is 0 Å². The molecule has 2 fully saturated rings. The van der Waals surface area contributed by atoms with E-state index in [0.717, 1.165) is 11.8 Å². The summed E-state index contributed by atoms with van der Waals surface area (Å²) < 4.78 is 0. The number of hydrogen-bond donors (Lipinski definition) is 1. The molecule has 2 nitrogen and oxygen atoms in total. The molecule has 2 aliphatic rings. The van der Waals surface area contributed by atoms with Crippen LogP contribution in [0.3, 0.4) is 0 Å². The van der Waals surface area contributed by atoms with E-state index < -0.39 is 0 Å². The molecule has 2 rings (SSSR count). The van der Waals surface area contributed by atoms with Gasteiger partial charge in [-0.1, -0.05) is 13.8 Å². The number of likely N-dealkylation sites (tertiary alicyclic amines) is 2. The molecule has 17 heavy (non-hydrogen) atoms. The summed E-state index contributed by atoms with van der Waals surface area (Å²) in [6, 6.07) is 0. The van der Waals surface area contributed by atoms with Crippen molar-refractivity contribution in [3.05, 3.63) is 0 Å². The zero-order chi connectivity index (χ0) is 12.3. The molecular weight excluding hydrogens is 228 g/mol. The van der Waals surface area contributed by atoms with Crippen molar-refractivity contribution >= 4 is 12.6 Å². The minimum atomic E-state index is 0.687. The number of hydrogen-bond acceptors (Lipinski definition) is 3. The van der Waals surface area contributed by atoms with Crippen LogP contribution in [0.5, 0.6) is 0 Å². The molecule has 3 heteroatoms. The zero-order valence-corrected chi connectivity index (χ0v) is 12.4. The summed E-state index contributed by atoms with van der Waals surface area (Å²) in [5.41, 5.74) is 0.687. The van der Waals surface area contributed by atoms with Crippen LogP contribution in [-0.4, -0.2) is 48.4 Å². The normalized spacial score (nSPS) is 26.8. The van der Waals surface area contributed by atoms with Crippen molar-refractivity contribution in [3.63, 3.8) is 0 Å². The van der Waals surface area contributed by atoms with Crippen molar-refractivity contribution in [2.45, 2.75) is 39.5 Å². The molecule has 0 aromatic carbocycles. The highest BCUT2D eigenvalue weighted by Gasteiger charge is 2.37. The molecule has 2 aliphatic heterocycles. The number of nitrogens with zero attached hydrogens (tertiary/aromatic N) is 2. The van der Waals surface area contributed by atoms with Crippen molar-refractivity contribution in [1.82, 2.24) is 9.80 Å². The van der Waals surface area contributed by atoms with E-state index in [1.165, 1.54) is 58.4 Å². The van der Waals surface area contributed by atoms with E-state index in [0.29, 0.717) is 5.41 Å². The Kier molecular flexibility index (Phi) is 4.79. The van der Waals surface area contributed by atoms with Crippen LogP contribution in [0.2, 0.25) is 0 Å². The quantitative estimate of drug-likeness (QED) is 0.776. The first-order chi connectivity index (χ1) is 8.13. The Morgan fingerprint density at radius 2 is 1.41 bits per heavy atom. The van der Waals surface area contributed by atoms with Gasteiger partial charge >= 0.3 is 0 Å². The van der Waals surface area contributed by atoms with Gasteiger partial charge in [0.1, 0.15) is 0 Å². The first-order valence-electron chi connectivity index (χ1n) is 7.19. The average Bonchev–Trinajstić information content (AvgIpc) is 2.33. The Bertz CT molecular complexity index is 224. The fourth-order valence-electron chi connectivity index (χ4n) is 3.40. The van der Waals surface area contributed by atoms with Crippen LogP contribution in [0.25, 0.3) is 0 Å². The molecule has 0 unspecified atom stereocenters. The minimum Gasteiger partial charge on any atom is -0.303 e. The van der Waals surface area contributed by atoms with Crippen LogP contribution in [0, 0.1) is 11.3 Å². The van der Waals surface area contributed by atoms with Gasteiger partial charge < -0.3 is 4.90 Å². The third-order valence-corrected chi connectivity index (χ3v) is 5.06. The molecule has 0 aromatic rings. The lowest BCUT2D eigenvalue weighted by Crippen LogP contribution is -2.47. The summed E-state index contributed by atoms with van der Waals surface area (Å²) in [6.07, 6.45) is 5.67. The third-order valence-electron chi connectivity index (χ3n) is 4.66. The van der Waals surface area contributed by atoms with Crippen LogP contribution in [-0.2, 0) is 0 Å². The highest BCUT2D eigenvalue weighted by molar-refractivity contribution is 7.80. The standard InChI is InChI=1S/C14H28N2S/c1-13(2)11-15-7-3-14(4-8-15)5-9-16(12-17)10-6-14/h13,17H,3-12H2,1-2H3. The molecule has 0 saturated carbocycles. The lowest BCUT2D eigenvalue weighted by Gasteiger charge is -2.47. The number of piperidine rings is 2. The summed E-state index contributed by atoms with van der Waals surface area (Å²) in [5, 5.41) is 0. The molecule has 100 valence electrons.